The van der Waals surface area contributed by atoms with Crippen LogP contribution in [0.3, 0.4) is 0 Å². The SMILES string of the molecule is COc1cc(OC)cc(N(CCCNCC(F)(F)F)c2ccc3ncc(-c4ccnc(C(=O)NCCCN)c4)nc3c2)c1. The zero-order valence-electron chi connectivity index (χ0n) is 23.9. The normalized spacial score (nSPS) is 11.4. The van der Waals surface area contributed by atoms with Crippen molar-refractivity contribution in [2.24, 2.45) is 5.73 Å². The molecule has 0 aliphatic heterocycles. The number of nitrogens with two attached hydrogens (primary N) is 1. The Bertz CT molecular complexity index is 1510. The lowest BCUT2D eigenvalue weighted by Gasteiger charge is -2.26. The van der Waals surface area contributed by atoms with E-state index in [9.17, 15) is 18.0 Å². The van der Waals surface area contributed by atoms with Crippen molar-refractivity contribution < 1.29 is 27.4 Å². The molecule has 0 atom stereocenters. The number of nitrogens with zero attached hydrogens (tertiary/aromatic N) is 4. The molecule has 4 N–H and O–H groups in total. The lowest BCUT2D eigenvalue weighted by atomic mass is 10.1. The minimum atomic E-state index is -4.28. The minimum absolute atomic E-state index is 0.165. The number of benzene rings is 2. The van der Waals surface area contributed by atoms with Crippen LogP contribution >= 0.6 is 0 Å². The van der Waals surface area contributed by atoms with Crippen LogP contribution in [0.5, 0.6) is 11.5 Å². The predicted molar refractivity (Wildman–Crippen MR) is 159 cm³/mol. The van der Waals surface area contributed by atoms with Crippen molar-refractivity contribution in [1.29, 1.82) is 0 Å². The lowest BCUT2D eigenvalue weighted by molar-refractivity contribution is -0.124. The number of halogens is 3. The molecular formula is C30H34F3N7O3. The van der Waals surface area contributed by atoms with Crippen molar-refractivity contribution in [2.45, 2.75) is 19.0 Å². The number of hydrogen-bond donors (Lipinski definition) is 3. The van der Waals surface area contributed by atoms with Gasteiger partial charge in [-0.25, -0.2) is 4.98 Å². The molecule has 0 aliphatic rings. The predicted octanol–water partition coefficient (Wildman–Crippen LogP) is 4.47. The van der Waals surface area contributed by atoms with Gasteiger partial charge in [-0.1, -0.05) is 0 Å². The molecule has 0 radical (unpaired) electrons. The van der Waals surface area contributed by atoms with E-state index < -0.39 is 12.7 Å². The van der Waals surface area contributed by atoms with Gasteiger partial charge in [0.25, 0.3) is 5.91 Å². The fraction of sp³-hybridized carbons (Fsp3) is 0.333. The van der Waals surface area contributed by atoms with Gasteiger partial charge in [-0.3, -0.25) is 14.8 Å². The highest BCUT2D eigenvalue weighted by Crippen LogP contribution is 2.34. The molecule has 10 nitrogen and oxygen atoms in total. The molecule has 0 aliphatic carbocycles. The van der Waals surface area contributed by atoms with Crippen molar-refractivity contribution in [3.63, 3.8) is 0 Å². The van der Waals surface area contributed by atoms with E-state index in [2.05, 4.69) is 20.6 Å². The molecule has 228 valence electrons. The Morgan fingerprint density at radius 2 is 1.70 bits per heavy atom. The molecule has 0 saturated carbocycles. The molecule has 2 heterocycles. The molecule has 13 heteroatoms. The van der Waals surface area contributed by atoms with E-state index in [1.54, 1.807) is 44.8 Å². The number of hydrogen-bond acceptors (Lipinski definition) is 9. The van der Waals surface area contributed by atoms with Crippen molar-refractivity contribution in [3.8, 4) is 22.8 Å². The number of aromatic nitrogens is 3. The van der Waals surface area contributed by atoms with Gasteiger partial charge in [0.2, 0.25) is 0 Å². The molecule has 4 aromatic rings. The first kappa shape index (κ1) is 31.4. The maximum Gasteiger partial charge on any atom is 0.401 e. The molecule has 0 spiro atoms. The number of pyridine rings is 1. The number of carbonyl (C=O) groups is 1. The lowest BCUT2D eigenvalue weighted by Crippen LogP contribution is -2.31. The fourth-order valence-electron chi connectivity index (χ4n) is 4.36. The number of alkyl halides is 3. The fourth-order valence-corrected chi connectivity index (χ4v) is 4.36. The van der Waals surface area contributed by atoms with Crippen molar-refractivity contribution in [3.05, 3.63) is 66.6 Å². The van der Waals surface area contributed by atoms with Gasteiger partial charge in [0.1, 0.15) is 17.2 Å². The number of ether oxygens (including phenoxy) is 2. The van der Waals surface area contributed by atoms with Crippen LogP contribution in [0.1, 0.15) is 23.3 Å². The van der Waals surface area contributed by atoms with Crippen LogP contribution in [-0.4, -0.2) is 74.0 Å². The van der Waals surface area contributed by atoms with Crippen LogP contribution in [-0.2, 0) is 0 Å². The summed E-state index contributed by atoms with van der Waals surface area (Å²) in [6.45, 7) is 0.431. The third kappa shape index (κ3) is 8.75. The van der Waals surface area contributed by atoms with Gasteiger partial charge >= 0.3 is 6.18 Å². The first-order valence-corrected chi connectivity index (χ1v) is 13.7. The third-order valence-electron chi connectivity index (χ3n) is 6.50. The molecular weight excluding hydrogens is 563 g/mol. The van der Waals surface area contributed by atoms with Gasteiger partial charge in [0.05, 0.1) is 43.7 Å². The first-order valence-electron chi connectivity index (χ1n) is 13.7. The zero-order valence-corrected chi connectivity index (χ0v) is 23.9. The monoisotopic (exact) mass is 597 g/mol. The average Bonchev–Trinajstić information content (AvgIpc) is 3.01. The number of rotatable bonds is 14. The second-order valence-corrected chi connectivity index (χ2v) is 9.62. The molecule has 2 aromatic heterocycles. The molecule has 0 unspecified atom stereocenters. The van der Waals surface area contributed by atoms with Gasteiger partial charge in [-0.2, -0.15) is 13.2 Å². The quantitative estimate of drug-likeness (QED) is 0.181. The topological polar surface area (TPSA) is 128 Å². The standard InChI is InChI=1S/C30H34F3N7O3/c1-42-23-14-22(15-24(17-23)43-2)40(12-4-9-35-19-30(31,32)33)21-5-6-25-26(16-21)39-28(18-38-25)20-7-11-36-27(13-20)29(41)37-10-3-8-34/h5-7,11,13-18,35H,3-4,8-10,12,19,34H2,1-2H3,(H,37,41). The number of carbonyl (C=O) groups excluding carboxylic acids is 1. The summed E-state index contributed by atoms with van der Waals surface area (Å²) in [6.07, 6.45) is -0.0247. The summed E-state index contributed by atoms with van der Waals surface area (Å²) in [6, 6.07) is 14.4. The Hall–Kier alpha value is -4.49. The van der Waals surface area contributed by atoms with Crippen molar-refractivity contribution in [1.82, 2.24) is 25.6 Å². The smallest absolute Gasteiger partial charge is 0.401 e. The highest BCUT2D eigenvalue weighted by molar-refractivity contribution is 5.93. The van der Waals surface area contributed by atoms with Crippen LogP contribution < -0.4 is 30.7 Å². The molecule has 43 heavy (non-hydrogen) atoms. The van der Waals surface area contributed by atoms with Crippen LogP contribution in [0.4, 0.5) is 24.5 Å². The van der Waals surface area contributed by atoms with Crippen LogP contribution in [0, 0.1) is 0 Å². The summed E-state index contributed by atoms with van der Waals surface area (Å²) in [5, 5.41) is 5.24. The van der Waals surface area contributed by atoms with E-state index in [1.165, 1.54) is 0 Å². The Morgan fingerprint density at radius 1 is 0.930 bits per heavy atom. The second-order valence-electron chi connectivity index (χ2n) is 9.62. The van der Waals surface area contributed by atoms with Crippen LogP contribution in [0.25, 0.3) is 22.3 Å². The summed E-state index contributed by atoms with van der Waals surface area (Å²) in [5.41, 5.74) is 9.70. The molecule has 1 amide bonds. The Kier molecular flexibility index (Phi) is 10.7. The maximum atomic E-state index is 12.6. The summed E-state index contributed by atoms with van der Waals surface area (Å²) in [5.74, 6) is 0.830. The molecule has 0 saturated heterocycles. The highest BCUT2D eigenvalue weighted by Gasteiger charge is 2.26. The van der Waals surface area contributed by atoms with E-state index in [0.717, 1.165) is 11.4 Å². The Morgan fingerprint density at radius 3 is 2.40 bits per heavy atom. The Labute approximate surface area is 247 Å². The van der Waals surface area contributed by atoms with E-state index in [4.69, 9.17) is 20.2 Å². The summed E-state index contributed by atoms with van der Waals surface area (Å²) in [4.78, 5) is 28.0. The third-order valence-corrected chi connectivity index (χ3v) is 6.50. The molecule has 2 aromatic carbocycles. The van der Waals surface area contributed by atoms with Gasteiger partial charge in [-0.05, 0) is 56.3 Å². The van der Waals surface area contributed by atoms with Gasteiger partial charge in [-0.15, -0.1) is 0 Å². The van der Waals surface area contributed by atoms with E-state index in [0.29, 0.717) is 66.3 Å². The molecule has 4 rings (SSSR count). The van der Waals surface area contributed by atoms with Gasteiger partial charge in [0.15, 0.2) is 0 Å². The number of nitrogens with one attached hydrogen (secondary N) is 2. The second kappa shape index (κ2) is 14.6. The van der Waals surface area contributed by atoms with Crippen LogP contribution in [0.15, 0.2) is 60.9 Å². The largest absolute Gasteiger partial charge is 0.497 e. The number of fused-ring (bicyclic) bond motifs is 1. The maximum absolute atomic E-state index is 12.6. The average molecular weight is 598 g/mol. The number of amides is 1. The number of methoxy groups -OCH3 is 2. The van der Waals surface area contributed by atoms with Crippen molar-refractivity contribution >= 4 is 28.3 Å². The van der Waals surface area contributed by atoms with Gasteiger partial charge in [0, 0.05) is 54.4 Å². The van der Waals surface area contributed by atoms with Gasteiger partial charge < -0.3 is 30.7 Å². The van der Waals surface area contributed by atoms with E-state index in [-0.39, 0.29) is 18.1 Å². The van der Waals surface area contributed by atoms with Crippen LogP contribution in [0.2, 0.25) is 0 Å². The summed E-state index contributed by atoms with van der Waals surface area (Å²) < 4.78 is 48.8. The molecule has 0 bridgehead atoms. The summed E-state index contributed by atoms with van der Waals surface area (Å²) >= 11 is 0. The van der Waals surface area contributed by atoms with E-state index in [1.807, 2.05) is 35.2 Å². The first-order chi connectivity index (χ1) is 20.7. The number of anilines is 2. The van der Waals surface area contributed by atoms with E-state index >= 15 is 0 Å². The molecule has 0 fully saturated rings. The Balaban J connectivity index is 1.65. The summed E-state index contributed by atoms with van der Waals surface area (Å²) in [7, 11) is 3.09. The van der Waals surface area contributed by atoms with Crippen molar-refractivity contribution in [2.75, 3.05) is 51.8 Å². The highest BCUT2D eigenvalue weighted by atomic mass is 19.4. The zero-order chi connectivity index (χ0) is 30.8. The minimum Gasteiger partial charge on any atom is -0.497 e.